The van der Waals surface area contributed by atoms with Crippen LogP contribution in [0.4, 0.5) is 0 Å². The lowest BCUT2D eigenvalue weighted by molar-refractivity contribution is -0.147. The fraction of sp³-hybridized carbons (Fsp3) is 0.500. The summed E-state index contributed by atoms with van der Waals surface area (Å²) in [6.07, 6.45) is 3.30. The molecule has 4 nitrogen and oxygen atoms in total. The molecule has 5 heteroatoms. The van der Waals surface area contributed by atoms with Crippen LogP contribution in [0.1, 0.15) is 33.3 Å². The van der Waals surface area contributed by atoms with Gasteiger partial charge in [0.15, 0.2) is 9.84 Å². The summed E-state index contributed by atoms with van der Waals surface area (Å²) in [4.78, 5) is 12.5. The highest BCUT2D eigenvalue weighted by atomic mass is 32.2. The SMILES string of the molecule is CC(C)=CC1[C@@H](C(=O)OCc2ccc(S(C)(=O)=O)cc2)C1(C)C. The van der Waals surface area contributed by atoms with E-state index in [0.29, 0.717) is 0 Å². The van der Waals surface area contributed by atoms with E-state index in [2.05, 4.69) is 19.9 Å². The maximum absolute atomic E-state index is 12.3. The largest absolute Gasteiger partial charge is 0.461 e. The summed E-state index contributed by atoms with van der Waals surface area (Å²) in [6.45, 7) is 8.37. The number of esters is 1. The third-order valence-corrected chi connectivity index (χ3v) is 5.54. The highest BCUT2D eigenvalue weighted by molar-refractivity contribution is 7.90. The van der Waals surface area contributed by atoms with E-state index in [9.17, 15) is 13.2 Å². The number of allylic oxidation sites excluding steroid dienone is 2. The summed E-state index contributed by atoms with van der Waals surface area (Å²) in [5.74, 6) is -0.0648. The third-order valence-electron chi connectivity index (χ3n) is 4.41. The van der Waals surface area contributed by atoms with E-state index in [0.717, 1.165) is 5.56 Å². The minimum Gasteiger partial charge on any atom is -0.461 e. The predicted molar refractivity (Wildman–Crippen MR) is 89.5 cm³/mol. The Morgan fingerprint density at radius 2 is 1.78 bits per heavy atom. The van der Waals surface area contributed by atoms with Crippen molar-refractivity contribution in [2.75, 3.05) is 6.26 Å². The number of ether oxygens (including phenoxy) is 1. The Bertz CT molecular complexity index is 723. The zero-order valence-electron chi connectivity index (χ0n) is 14.3. The molecule has 126 valence electrons. The lowest BCUT2D eigenvalue weighted by atomic mass is 10.1. The predicted octanol–water partition coefficient (Wildman–Crippen LogP) is 3.37. The van der Waals surface area contributed by atoms with Gasteiger partial charge in [0.05, 0.1) is 10.8 Å². The molecule has 1 aliphatic carbocycles. The van der Waals surface area contributed by atoms with Crippen LogP contribution < -0.4 is 0 Å². The van der Waals surface area contributed by atoms with Crippen LogP contribution in [0.5, 0.6) is 0 Å². The molecule has 23 heavy (non-hydrogen) atoms. The maximum atomic E-state index is 12.3. The first kappa shape index (κ1) is 17.7. The van der Waals surface area contributed by atoms with Crippen molar-refractivity contribution in [1.29, 1.82) is 0 Å². The zero-order chi connectivity index (χ0) is 17.4. The van der Waals surface area contributed by atoms with Crippen LogP contribution in [0.25, 0.3) is 0 Å². The number of benzene rings is 1. The van der Waals surface area contributed by atoms with Gasteiger partial charge in [-0.1, -0.05) is 37.6 Å². The number of sulfone groups is 1. The zero-order valence-corrected chi connectivity index (χ0v) is 15.1. The van der Waals surface area contributed by atoms with Crippen LogP contribution >= 0.6 is 0 Å². The standard InChI is InChI=1S/C18H24O4S/c1-12(2)10-15-16(18(15,3)4)17(19)22-11-13-6-8-14(9-7-13)23(5,20)21/h6-10,15-16H,11H2,1-5H3/t15?,16-/m0/s1. The second kappa shape index (κ2) is 6.11. The molecule has 1 aromatic carbocycles. The van der Waals surface area contributed by atoms with Crippen molar-refractivity contribution in [2.45, 2.75) is 39.2 Å². The van der Waals surface area contributed by atoms with Crippen LogP contribution in [0, 0.1) is 17.3 Å². The minimum absolute atomic E-state index is 0.0610. The second-order valence-corrected chi connectivity index (χ2v) is 9.11. The lowest BCUT2D eigenvalue weighted by Gasteiger charge is -2.06. The van der Waals surface area contributed by atoms with Crippen molar-refractivity contribution < 1.29 is 17.9 Å². The Balaban J connectivity index is 1.97. The van der Waals surface area contributed by atoms with Crippen molar-refractivity contribution in [3.8, 4) is 0 Å². The first-order valence-electron chi connectivity index (χ1n) is 7.64. The van der Waals surface area contributed by atoms with Crippen LogP contribution in [0.15, 0.2) is 40.8 Å². The smallest absolute Gasteiger partial charge is 0.310 e. The van der Waals surface area contributed by atoms with Gasteiger partial charge >= 0.3 is 5.97 Å². The monoisotopic (exact) mass is 336 g/mol. The van der Waals surface area contributed by atoms with Crippen molar-refractivity contribution >= 4 is 15.8 Å². The molecule has 0 N–H and O–H groups in total. The van der Waals surface area contributed by atoms with Gasteiger partial charge in [0.1, 0.15) is 6.61 Å². The summed E-state index contributed by atoms with van der Waals surface area (Å²) >= 11 is 0. The van der Waals surface area contributed by atoms with Crippen molar-refractivity contribution in [2.24, 2.45) is 17.3 Å². The summed E-state index contributed by atoms with van der Waals surface area (Å²) in [6, 6.07) is 6.42. The average molecular weight is 336 g/mol. The van der Waals surface area contributed by atoms with E-state index in [1.54, 1.807) is 12.1 Å². The van der Waals surface area contributed by atoms with E-state index in [-0.39, 0.29) is 34.7 Å². The van der Waals surface area contributed by atoms with Crippen LogP contribution in [-0.2, 0) is 26.0 Å². The molecule has 1 aliphatic rings. The number of carbonyl (C=O) groups is 1. The molecule has 1 unspecified atom stereocenters. The first-order valence-corrected chi connectivity index (χ1v) is 9.53. The second-order valence-electron chi connectivity index (χ2n) is 7.09. The maximum Gasteiger partial charge on any atom is 0.310 e. The molecule has 0 radical (unpaired) electrons. The molecule has 1 saturated carbocycles. The van der Waals surface area contributed by atoms with Gasteiger partial charge in [0, 0.05) is 6.26 Å². The molecular weight excluding hydrogens is 312 g/mol. The third kappa shape index (κ3) is 4.02. The molecule has 0 aliphatic heterocycles. The molecule has 0 bridgehead atoms. The highest BCUT2D eigenvalue weighted by Crippen LogP contribution is 2.59. The van der Waals surface area contributed by atoms with Gasteiger partial charge in [-0.05, 0) is 42.9 Å². The normalized spacial score (nSPS) is 22.3. The van der Waals surface area contributed by atoms with E-state index in [1.165, 1.54) is 24.0 Å². The number of hydrogen-bond donors (Lipinski definition) is 0. The van der Waals surface area contributed by atoms with E-state index < -0.39 is 9.84 Å². The van der Waals surface area contributed by atoms with E-state index in [4.69, 9.17) is 4.74 Å². The molecule has 1 fully saturated rings. The topological polar surface area (TPSA) is 60.4 Å². The fourth-order valence-electron chi connectivity index (χ4n) is 2.88. The molecule has 0 heterocycles. The molecule has 0 saturated heterocycles. The molecule has 0 amide bonds. The minimum atomic E-state index is -3.20. The molecule has 2 rings (SSSR count). The van der Waals surface area contributed by atoms with Gasteiger partial charge in [0.2, 0.25) is 0 Å². The Morgan fingerprint density at radius 1 is 1.22 bits per heavy atom. The van der Waals surface area contributed by atoms with E-state index in [1.807, 2.05) is 13.8 Å². The van der Waals surface area contributed by atoms with E-state index >= 15 is 0 Å². The van der Waals surface area contributed by atoms with Crippen molar-refractivity contribution in [3.05, 3.63) is 41.5 Å². The van der Waals surface area contributed by atoms with Crippen LogP contribution in [-0.4, -0.2) is 20.6 Å². The van der Waals surface area contributed by atoms with Gasteiger partial charge in [-0.2, -0.15) is 0 Å². The first-order chi connectivity index (χ1) is 10.5. The molecule has 0 aromatic heterocycles. The molecule has 1 aromatic rings. The van der Waals surface area contributed by atoms with Gasteiger partial charge in [0.25, 0.3) is 0 Å². The lowest BCUT2D eigenvalue weighted by Crippen LogP contribution is -2.10. The summed E-state index contributed by atoms with van der Waals surface area (Å²) in [5.41, 5.74) is 1.92. The Morgan fingerprint density at radius 3 is 2.26 bits per heavy atom. The summed E-state index contributed by atoms with van der Waals surface area (Å²) in [7, 11) is -3.20. The Labute approximate surface area is 138 Å². The molecule has 0 spiro atoms. The van der Waals surface area contributed by atoms with Gasteiger partial charge in [-0.25, -0.2) is 8.42 Å². The van der Waals surface area contributed by atoms with Crippen LogP contribution in [0.2, 0.25) is 0 Å². The summed E-state index contributed by atoms with van der Waals surface area (Å²) in [5, 5.41) is 0. The van der Waals surface area contributed by atoms with Gasteiger partial charge in [-0.3, -0.25) is 4.79 Å². The highest BCUT2D eigenvalue weighted by Gasteiger charge is 2.61. The van der Waals surface area contributed by atoms with Crippen molar-refractivity contribution in [3.63, 3.8) is 0 Å². The van der Waals surface area contributed by atoms with Gasteiger partial charge < -0.3 is 4.74 Å². The van der Waals surface area contributed by atoms with Crippen LogP contribution in [0.3, 0.4) is 0 Å². The quantitative estimate of drug-likeness (QED) is 0.611. The number of hydrogen-bond acceptors (Lipinski definition) is 4. The Kier molecular flexibility index (Phi) is 4.71. The molecule has 2 atom stereocenters. The number of carbonyl (C=O) groups excluding carboxylic acids is 1. The van der Waals surface area contributed by atoms with Crippen molar-refractivity contribution in [1.82, 2.24) is 0 Å². The number of rotatable bonds is 5. The average Bonchev–Trinajstić information content (AvgIpc) is 2.96. The van der Waals surface area contributed by atoms with Gasteiger partial charge in [-0.15, -0.1) is 0 Å². The summed E-state index contributed by atoms with van der Waals surface area (Å²) < 4.78 is 28.2. The Hall–Kier alpha value is -1.62. The molecular formula is C18H24O4S. The fourth-order valence-corrected chi connectivity index (χ4v) is 3.51.